The Labute approximate surface area is 182 Å². The van der Waals surface area contributed by atoms with Crippen molar-refractivity contribution in [3.8, 4) is 5.88 Å². The molecule has 32 heavy (non-hydrogen) atoms. The van der Waals surface area contributed by atoms with Gasteiger partial charge in [-0.15, -0.1) is 5.10 Å². The van der Waals surface area contributed by atoms with Crippen molar-refractivity contribution in [2.24, 2.45) is 0 Å². The van der Waals surface area contributed by atoms with Crippen LogP contribution in [0.25, 0.3) is 11.0 Å². The first-order valence-corrected chi connectivity index (χ1v) is 10.9. The van der Waals surface area contributed by atoms with Crippen LogP contribution in [0.5, 0.6) is 5.88 Å². The van der Waals surface area contributed by atoms with Crippen molar-refractivity contribution in [3.05, 3.63) is 17.6 Å². The van der Waals surface area contributed by atoms with Crippen LogP contribution in [0.1, 0.15) is 49.5 Å². The fourth-order valence-electron chi connectivity index (χ4n) is 4.73. The fraction of sp³-hybridized carbons (Fsp3) is 0.600. The lowest BCUT2D eigenvalue weighted by Crippen LogP contribution is -2.35. The van der Waals surface area contributed by atoms with Crippen molar-refractivity contribution < 1.29 is 24.8 Å². The number of rotatable bonds is 2. The monoisotopic (exact) mass is 443 g/mol. The Kier molecular flexibility index (Phi) is 4.25. The molecule has 1 saturated heterocycles. The van der Waals surface area contributed by atoms with Gasteiger partial charge >= 0.3 is 5.97 Å². The van der Waals surface area contributed by atoms with Gasteiger partial charge in [0.1, 0.15) is 5.69 Å². The first kappa shape index (κ1) is 19.9. The van der Waals surface area contributed by atoms with Crippen LogP contribution in [0, 0.1) is 6.92 Å². The van der Waals surface area contributed by atoms with Crippen molar-refractivity contribution in [2.45, 2.75) is 63.2 Å². The number of aromatic nitrogens is 6. The first-order valence-electron chi connectivity index (χ1n) is 10.9. The number of anilines is 2. The molecule has 2 bridgehead atoms. The predicted octanol–water partition coefficient (Wildman–Crippen LogP) is 0.829. The molecule has 1 unspecified atom stereocenters. The maximum absolute atomic E-state index is 10.3. The van der Waals surface area contributed by atoms with Crippen molar-refractivity contribution in [2.75, 3.05) is 18.5 Å². The van der Waals surface area contributed by atoms with Crippen LogP contribution in [0.3, 0.4) is 0 Å². The number of hydrogen-bond donors (Lipinski definition) is 4. The number of fused-ring (bicyclic) bond motifs is 2. The molecule has 1 spiro atoms. The van der Waals surface area contributed by atoms with E-state index in [1.807, 2.05) is 6.92 Å². The average Bonchev–Trinajstić information content (AvgIpc) is 3.26. The largest absolute Gasteiger partial charge is 0.475 e. The summed E-state index contributed by atoms with van der Waals surface area (Å²) in [4.78, 5) is 8.93. The molecule has 2 aliphatic heterocycles. The van der Waals surface area contributed by atoms with Gasteiger partial charge in [0.05, 0.1) is 29.3 Å². The molecule has 170 valence electrons. The Morgan fingerprint density at radius 2 is 2.06 bits per heavy atom. The molecule has 4 N–H and O–H groups in total. The molecule has 3 aromatic heterocycles. The smallest absolute Gasteiger partial charge is 0.324 e. The van der Waals surface area contributed by atoms with Gasteiger partial charge in [-0.3, -0.25) is 4.68 Å². The number of nitrogens with zero attached hydrogens (tertiary/aromatic N) is 6. The summed E-state index contributed by atoms with van der Waals surface area (Å²) in [5.74, 6) is -2.78. The lowest BCUT2D eigenvalue weighted by molar-refractivity contribution is -0.328. The van der Waals surface area contributed by atoms with E-state index in [1.165, 1.54) is 4.68 Å². The van der Waals surface area contributed by atoms with Crippen LogP contribution in [-0.2, 0) is 17.3 Å². The van der Waals surface area contributed by atoms with Crippen LogP contribution >= 0.6 is 0 Å². The van der Waals surface area contributed by atoms with Gasteiger partial charge in [0.25, 0.3) is 5.88 Å². The van der Waals surface area contributed by atoms with Gasteiger partial charge in [-0.05, 0) is 32.6 Å². The standard InChI is InChI=1S/C20H25N7O5/c1-11-13-10-21-18-22-14-15(20(28,29)30)27(12-3-8-32-19(9-12)4-5-19)25-17(14)31-7-2-6-26(24-11)16(13)23-18/h10,12,28-30H,2-9H2,1H3,(H,21,22,23). The zero-order chi connectivity index (χ0) is 22.1. The van der Waals surface area contributed by atoms with Crippen LogP contribution in [-0.4, -0.2) is 63.7 Å². The molecule has 2 fully saturated rings. The topological polar surface area (TPSA) is 153 Å². The van der Waals surface area contributed by atoms with Crippen LogP contribution in [0.2, 0.25) is 0 Å². The van der Waals surface area contributed by atoms with E-state index in [0.29, 0.717) is 44.7 Å². The quantitative estimate of drug-likeness (QED) is 0.419. The molecule has 6 rings (SSSR count). The summed E-state index contributed by atoms with van der Waals surface area (Å²) in [5.41, 5.74) is 1.24. The first-order chi connectivity index (χ1) is 15.3. The normalized spacial score (nSPS) is 22.3. The predicted molar refractivity (Wildman–Crippen MR) is 110 cm³/mol. The molecular weight excluding hydrogens is 418 g/mol. The Balaban J connectivity index is 1.47. The number of aryl methyl sites for hydroxylation is 2. The highest BCUT2D eigenvalue weighted by molar-refractivity contribution is 5.79. The van der Waals surface area contributed by atoms with E-state index in [4.69, 9.17) is 9.47 Å². The van der Waals surface area contributed by atoms with Crippen molar-refractivity contribution in [1.29, 1.82) is 0 Å². The van der Waals surface area contributed by atoms with Gasteiger partial charge < -0.3 is 30.1 Å². The van der Waals surface area contributed by atoms with Gasteiger partial charge in [-0.2, -0.15) is 10.1 Å². The van der Waals surface area contributed by atoms with Gasteiger partial charge in [-0.25, -0.2) is 9.67 Å². The second-order valence-corrected chi connectivity index (χ2v) is 8.85. The SMILES string of the molecule is Cc1nn2c3nc(ncc13)Nc1c(nn(C3CCOC4(CC4)C3)c1C(O)(O)O)OCCC2. The van der Waals surface area contributed by atoms with E-state index in [0.717, 1.165) is 23.9 Å². The zero-order valence-electron chi connectivity index (χ0n) is 17.7. The summed E-state index contributed by atoms with van der Waals surface area (Å²) in [5, 5.41) is 43.8. The lowest BCUT2D eigenvalue weighted by atomic mass is 10.0. The second-order valence-electron chi connectivity index (χ2n) is 8.85. The molecule has 0 amide bonds. The summed E-state index contributed by atoms with van der Waals surface area (Å²) in [7, 11) is 0. The van der Waals surface area contributed by atoms with Crippen LogP contribution in [0.15, 0.2) is 6.20 Å². The molecule has 1 saturated carbocycles. The highest BCUT2D eigenvalue weighted by Crippen LogP contribution is 2.50. The third kappa shape index (κ3) is 3.22. The highest BCUT2D eigenvalue weighted by Gasteiger charge is 2.50. The lowest BCUT2D eigenvalue weighted by Gasteiger charge is -2.31. The molecule has 0 radical (unpaired) electrons. The summed E-state index contributed by atoms with van der Waals surface area (Å²) < 4.78 is 15.1. The third-order valence-electron chi connectivity index (χ3n) is 6.48. The van der Waals surface area contributed by atoms with E-state index < -0.39 is 5.97 Å². The molecule has 3 aliphatic rings. The van der Waals surface area contributed by atoms with Crippen LogP contribution in [0.4, 0.5) is 11.6 Å². The molecular formula is C20H25N7O5. The van der Waals surface area contributed by atoms with Gasteiger partial charge in [0.15, 0.2) is 11.3 Å². The Morgan fingerprint density at radius 3 is 2.84 bits per heavy atom. The number of nitrogens with one attached hydrogen (secondary N) is 1. The molecule has 12 heteroatoms. The average molecular weight is 443 g/mol. The van der Waals surface area contributed by atoms with E-state index in [9.17, 15) is 15.3 Å². The maximum atomic E-state index is 10.3. The zero-order valence-corrected chi connectivity index (χ0v) is 17.7. The van der Waals surface area contributed by atoms with E-state index >= 15 is 0 Å². The van der Waals surface area contributed by atoms with E-state index in [-0.39, 0.29) is 34.9 Å². The Morgan fingerprint density at radius 1 is 1.22 bits per heavy atom. The van der Waals surface area contributed by atoms with Crippen LogP contribution < -0.4 is 10.1 Å². The Bertz CT molecular complexity index is 1190. The number of hydrogen-bond acceptors (Lipinski definition) is 10. The summed E-state index contributed by atoms with van der Waals surface area (Å²) in [6.45, 7) is 3.36. The minimum Gasteiger partial charge on any atom is -0.475 e. The van der Waals surface area contributed by atoms with Gasteiger partial charge in [0.2, 0.25) is 5.95 Å². The summed E-state index contributed by atoms with van der Waals surface area (Å²) >= 11 is 0. The number of ether oxygens (including phenoxy) is 2. The Hall–Kier alpha value is -2.80. The third-order valence-corrected chi connectivity index (χ3v) is 6.48. The van der Waals surface area contributed by atoms with E-state index in [2.05, 4.69) is 25.5 Å². The second kappa shape index (κ2) is 6.85. The van der Waals surface area contributed by atoms with Gasteiger partial charge in [-0.1, -0.05) is 0 Å². The number of aliphatic hydroxyl groups is 3. The van der Waals surface area contributed by atoms with E-state index in [1.54, 1.807) is 10.9 Å². The fourth-order valence-corrected chi connectivity index (χ4v) is 4.73. The summed E-state index contributed by atoms with van der Waals surface area (Å²) in [6, 6.07) is -0.176. The minimum absolute atomic E-state index is 0.123. The molecule has 5 heterocycles. The highest BCUT2D eigenvalue weighted by atomic mass is 16.7. The maximum Gasteiger partial charge on any atom is 0.324 e. The molecule has 12 nitrogen and oxygen atoms in total. The molecule has 3 aromatic rings. The van der Waals surface area contributed by atoms with Crippen molar-refractivity contribution in [3.63, 3.8) is 0 Å². The summed E-state index contributed by atoms with van der Waals surface area (Å²) in [6.07, 6.45) is 5.56. The molecule has 1 aliphatic carbocycles. The van der Waals surface area contributed by atoms with Gasteiger partial charge in [0, 0.05) is 25.8 Å². The molecule has 1 atom stereocenters. The minimum atomic E-state index is -3.14. The molecule has 0 aromatic carbocycles. The van der Waals surface area contributed by atoms with Crippen molar-refractivity contribution >= 4 is 22.7 Å². The van der Waals surface area contributed by atoms with Crippen molar-refractivity contribution in [1.82, 2.24) is 29.5 Å².